The first-order valence-electron chi connectivity index (χ1n) is 6.68. The molecular formula is C13H26N2O2. The van der Waals surface area contributed by atoms with E-state index in [4.69, 9.17) is 0 Å². The zero-order chi connectivity index (χ0) is 12.9. The number of hydrogen-bond donors (Lipinski definition) is 3. The van der Waals surface area contributed by atoms with E-state index >= 15 is 0 Å². The van der Waals surface area contributed by atoms with Crippen LogP contribution in [0.25, 0.3) is 0 Å². The Morgan fingerprint density at radius 3 is 2.65 bits per heavy atom. The highest BCUT2D eigenvalue weighted by molar-refractivity contribution is 5.83. The Labute approximate surface area is 104 Å². The van der Waals surface area contributed by atoms with Crippen LogP contribution in [-0.4, -0.2) is 36.8 Å². The minimum atomic E-state index is -0.277. The number of aliphatic hydroxyl groups excluding tert-OH is 1. The van der Waals surface area contributed by atoms with Crippen molar-refractivity contribution in [2.75, 3.05) is 19.7 Å². The van der Waals surface area contributed by atoms with Crippen LogP contribution in [0.5, 0.6) is 0 Å². The van der Waals surface area contributed by atoms with E-state index in [2.05, 4.69) is 17.6 Å². The van der Waals surface area contributed by atoms with E-state index in [0.717, 1.165) is 32.4 Å². The van der Waals surface area contributed by atoms with Crippen LogP contribution in [0.15, 0.2) is 0 Å². The Kier molecular flexibility index (Phi) is 5.40. The molecule has 4 heteroatoms. The first-order chi connectivity index (χ1) is 8.05. The van der Waals surface area contributed by atoms with Crippen molar-refractivity contribution in [3.63, 3.8) is 0 Å². The number of carbonyl (C=O) groups excluding carboxylic acids is 1. The number of carbonyl (C=O) groups is 1. The van der Waals surface area contributed by atoms with E-state index < -0.39 is 0 Å². The van der Waals surface area contributed by atoms with Crippen LogP contribution in [-0.2, 0) is 4.79 Å². The Hall–Kier alpha value is -0.610. The average molecular weight is 242 g/mol. The lowest BCUT2D eigenvalue weighted by atomic mass is 9.77. The van der Waals surface area contributed by atoms with Gasteiger partial charge in [-0.25, -0.2) is 0 Å². The zero-order valence-corrected chi connectivity index (χ0v) is 11.3. The van der Waals surface area contributed by atoms with Crippen molar-refractivity contribution >= 4 is 5.91 Å². The molecule has 2 atom stereocenters. The van der Waals surface area contributed by atoms with Crippen molar-refractivity contribution in [1.82, 2.24) is 10.6 Å². The molecule has 1 rings (SSSR count). The molecule has 100 valence electrons. The third kappa shape index (κ3) is 3.42. The number of hydrogen-bond acceptors (Lipinski definition) is 3. The smallest absolute Gasteiger partial charge is 0.227 e. The van der Waals surface area contributed by atoms with Crippen molar-refractivity contribution in [2.24, 2.45) is 11.3 Å². The van der Waals surface area contributed by atoms with Gasteiger partial charge in [-0.2, -0.15) is 0 Å². The lowest BCUT2D eigenvalue weighted by Gasteiger charge is -2.37. The summed E-state index contributed by atoms with van der Waals surface area (Å²) in [5.41, 5.74) is -0.277. The first-order valence-corrected chi connectivity index (χ1v) is 6.68. The molecule has 4 nitrogen and oxygen atoms in total. The van der Waals surface area contributed by atoms with Gasteiger partial charge < -0.3 is 15.7 Å². The van der Waals surface area contributed by atoms with E-state index in [1.165, 1.54) is 0 Å². The van der Waals surface area contributed by atoms with Gasteiger partial charge in [0.15, 0.2) is 0 Å². The van der Waals surface area contributed by atoms with Gasteiger partial charge in [-0.15, -0.1) is 0 Å². The molecule has 0 bridgehead atoms. The molecule has 0 aliphatic carbocycles. The normalized spacial score (nSPS) is 26.9. The van der Waals surface area contributed by atoms with Crippen molar-refractivity contribution < 1.29 is 9.90 Å². The molecule has 1 fully saturated rings. The third-order valence-electron chi connectivity index (χ3n) is 3.95. The highest BCUT2D eigenvalue weighted by Crippen LogP contribution is 2.30. The molecular weight excluding hydrogens is 216 g/mol. The summed E-state index contributed by atoms with van der Waals surface area (Å²) in [4.78, 5) is 12.4. The maximum absolute atomic E-state index is 12.4. The van der Waals surface area contributed by atoms with Gasteiger partial charge >= 0.3 is 0 Å². The summed E-state index contributed by atoms with van der Waals surface area (Å²) in [5.74, 6) is 0.356. The molecule has 0 aromatic carbocycles. The summed E-state index contributed by atoms with van der Waals surface area (Å²) >= 11 is 0. The number of piperidine rings is 1. The van der Waals surface area contributed by atoms with E-state index in [1.54, 1.807) is 0 Å². The lowest BCUT2D eigenvalue weighted by Crippen LogP contribution is -2.54. The number of aliphatic hydroxyl groups is 1. The summed E-state index contributed by atoms with van der Waals surface area (Å²) in [6.45, 7) is 7.86. The molecule has 1 saturated heterocycles. The van der Waals surface area contributed by atoms with Crippen molar-refractivity contribution in [1.29, 1.82) is 0 Å². The quantitative estimate of drug-likeness (QED) is 0.671. The summed E-state index contributed by atoms with van der Waals surface area (Å²) in [6.07, 6.45) is 2.84. The molecule has 0 saturated carbocycles. The number of rotatable bonds is 5. The van der Waals surface area contributed by atoms with E-state index in [9.17, 15) is 9.90 Å². The molecule has 0 aromatic rings. The standard InChI is InChI=1S/C13H26N2O2/c1-4-13(6-5-7-14-9-13)12(17)15-11(8-16)10(2)3/h10-11,14,16H,4-9H2,1-3H3,(H,15,17). The highest BCUT2D eigenvalue weighted by Gasteiger charge is 2.38. The summed E-state index contributed by atoms with van der Waals surface area (Å²) in [7, 11) is 0. The third-order valence-corrected chi connectivity index (χ3v) is 3.95. The van der Waals surface area contributed by atoms with Crippen molar-refractivity contribution in [2.45, 2.75) is 46.1 Å². The van der Waals surface area contributed by atoms with Gasteiger partial charge in [-0.3, -0.25) is 4.79 Å². The minimum Gasteiger partial charge on any atom is -0.394 e. The van der Waals surface area contributed by atoms with Crippen LogP contribution in [0, 0.1) is 11.3 Å². The molecule has 1 aliphatic rings. The summed E-state index contributed by atoms with van der Waals surface area (Å²) < 4.78 is 0. The maximum atomic E-state index is 12.4. The van der Waals surface area contributed by atoms with E-state index in [-0.39, 0.29) is 29.9 Å². The van der Waals surface area contributed by atoms with Gasteiger partial charge in [-0.05, 0) is 31.7 Å². The number of amides is 1. The molecule has 1 amide bonds. The Bertz CT molecular complexity index is 248. The molecule has 3 N–H and O–H groups in total. The topological polar surface area (TPSA) is 61.4 Å². The fraction of sp³-hybridized carbons (Fsp3) is 0.923. The fourth-order valence-electron chi connectivity index (χ4n) is 2.37. The van der Waals surface area contributed by atoms with E-state index in [1.807, 2.05) is 13.8 Å². The SMILES string of the molecule is CCC1(C(=O)NC(CO)C(C)C)CCCNC1. The highest BCUT2D eigenvalue weighted by atomic mass is 16.3. The summed E-state index contributed by atoms with van der Waals surface area (Å²) in [5, 5.41) is 15.6. The monoisotopic (exact) mass is 242 g/mol. The second-order valence-electron chi connectivity index (χ2n) is 5.42. The van der Waals surface area contributed by atoms with Gasteiger partial charge in [0.2, 0.25) is 5.91 Å². The fourth-order valence-corrected chi connectivity index (χ4v) is 2.37. The first kappa shape index (κ1) is 14.5. The molecule has 0 radical (unpaired) electrons. The Morgan fingerprint density at radius 1 is 1.53 bits per heavy atom. The van der Waals surface area contributed by atoms with Gasteiger partial charge in [-0.1, -0.05) is 20.8 Å². The van der Waals surface area contributed by atoms with Gasteiger partial charge in [0.25, 0.3) is 0 Å². The molecule has 17 heavy (non-hydrogen) atoms. The lowest BCUT2D eigenvalue weighted by molar-refractivity contribution is -0.133. The molecule has 1 aliphatic heterocycles. The van der Waals surface area contributed by atoms with Crippen LogP contribution in [0.2, 0.25) is 0 Å². The summed E-state index contributed by atoms with van der Waals surface area (Å²) in [6, 6.07) is -0.132. The molecule has 2 unspecified atom stereocenters. The second kappa shape index (κ2) is 6.36. The van der Waals surface area contributed by atoms with Gasteiger partial charge in [0.1, 0.15) is 0 Å². The van der Waals surface area contributed by atoms with Crippen molar-refractivity contribution in [3.8, 4) is 0 Å². The average Bonchev–Trinajstić information content (AvgIpc) is 2.35. The maximum Gasteiger partial charge on any atom is 0.227 e. The largest absolute Gasteiger partial charge is 0.394 e. The Morgan fingerprint density at radius 2 is 2.24 bits per heavy atom. The zero-order valence-electron chi connectivity index (χ0n) is 11.3. The van der Waals surface area contributed by atoms with Crippen LogP contribution in [0.3, 0.4) is 0 Å². The molecule has 0 spiro atoms. The number of nitrogens with one attached hydrogen (secondary N) is 2. The molecule has 0 aromatic heterocycles. The van der Waals surface area contributed by atoms with Crippen LogP contribution >= 0.6 is 0 Å². The van der Waals surface area contributed by atoms with Crippen LogP contribution in [0.4, 0.5) is 0 Å². The molecule has 1 heterocycles. The Balaban J connectivity index is 2.65. The predicted octanol–water partition coefficient (Wildman–Crippen LogP) is 0.899. The predicted molar refractivity (Wildman–Crippen MR) is 68.7 cm³/mol. The van der Waals surface area contributed by atoms with E-state index in [0.29, 0.717) is 0 Å². The van der Waals surface area contributed by atoms with Crippen molar-refractivity contribution in [3.05, 3.63) is 0 Å². The second-order valence-corrected chi connectivity index (χ2v) is 5.42. The van der Waals surface area contributed by atoms with Crippen LogP contribution < -0.4 is 10.6 Å². The van der Waals surface area contributed by atoms with Gasteiger partial charge in [0, 0.05) is 6.54 Å². The minimum absolute atomic E-state index is 0.0105. The van der Waals surface area contributed by atoms with Gasteiger partial charge in [0.05, 0.1) is 18.1 Å². The van der Waals surface area contributed by atoms with Crippen LogP contribution in [0.1, 0.15) is 40.0 Å².